The third-order valence-electron chi connectivity index (χ3n) is 6.17. The largest absolute Gasteiger partial charge is 0.461 e. The smallest absolute Gasteiger partial charge is 0.412 e. The molecule has 220 valence electrons. The van der Waals surface area contributed by atoms with Gasteiger partial charge >= 0.3 is 12.1 Å². The molecule has 0 aromatic heterocycles. The van der Waals surface area contributed by atoms with Gasteiger partial charge in [-0.05, 0) is 70.2 Å². The van der Waals surface area contributed by atoms with E-state index in [9.17, 15) is 27.2 Å². The molecule has 1 aliphatic rings. The molecule has 0 aliphatic heterocycles. The van der Waals surface area contributed by atoms with Crippen LogP contribution in [0.5, 0.6) is 0 Å². The Kier molecular flexibility index (Phi) is 16.2. The highest BCUT2D eigenvalue weighted by Crippen LogP contribution is 2.35. The van der Waals surface area contributed by atoms with Crippen LogP contribution >= 0.6 is 11.6 Å². The number of ketones is 1. The second kappa shape index (κ2) is 17.3. The molecule has 1 aliphatic carbocycles. The molecular weight excluding hydrogens is 532 g/mol. The molecule has 0 heterocycles. The zero-order chi connectivity index (χ0) is 30.4. The van der Waals surface area contributed by atoms with E-state index in [0.29, 0.717) is 29.2 Å². The first-order valence-electron chi connectivity index (χ1n) is 13.1. The number of benzene rings is 1. The SMILES string of the molecule is C=C(C)/C=C(\C)C(F)(F)F.C=C(C)COC(=O)C1(C)CCCCCC1.CCC(=O)Cc1cc(C)c(Cl)cc1F. The van der Waals surface area contributed by atoms with E-state index in [0.717, 1.165) is 49.8 Å². The van der Waals surface area contributed by atoms with Crippen molar-refractivity contribution < 1.29 is 31.9 Å². The first kappa shape index (κ1) is 36.6. The van der Waals surface area contributed by atoms with Gasteiger partial charge in [0.2, 0.25) is 0 Å². The van der Waals surface area contributed by atoms with E-state index in [2.05, 4.69) is 13.2 Å². The molecule has 0 spiro atoms. The van der Waals surface area contributed by atoms with Crippen molar-refractivity contribution in [2.24, 2.45) is 5.41 Å². The minimum Gasteiger partial charge on any atom is -0.461 e. The van der Waals surface area contributed by atoms with E-state index in [1.165, 1.54) is 25.8 Å². The highest BCUT2D eigenvalue weighted by molar-refractivity contribution is 6.31. The van der Waals surface area contributed by atoms with E-state index in [1.807, 2.05) is 13.8 Å². The normalized spacial score (nSPS) is 15.0. The van der Waals surface area contributed by atoms with Gasteiger partial charge in [-0.1, -0.05) is 75.1 Å². The lowest BCUT2D eigenvalue weighted by molar-refractivity contribution is -0.154. The summed E-state index contributed by atoms with van der Waals surface area (Å²) in [6, 6.07) is 2.89. The summed E-state index contributed by atoms with van der Waals surface area (Å²) in [6.07, 6.45) is 4.15. The van der Waals surface area contributed by atoms with Gasteiger partial charge in [0.05, 0.1) is 5.41 Å². The fourth-order valence-electron chi connectivity index (χ4n) is 3.72. The Bertz CT molecular complexity index is 1020. The number of hydrogen-bond donors (Lipinski definition) is 0. The molecule has 0 N–H and O–H groups in total. The first-order valence-corrected chi connectivity index (χ1v) is 13.5. The van der Waals surface area contributed by atoms with Gasteiger partial charge in [-0.2, -0.15) is 13.2 Å². The number of rotatable bonds is 7. The van der Waals surface area contributed by atoms with E-state index in [4.69, 9.17) is 16.3 Å². The van der Waals surface area contributed by atoms with Gasteiger partial charge in [0, 0.05) is 23.4 Å². The Labute approximate surface area is 236 Å². The number of esters is 1. The van der Waals surface area contributed by atoms with E-state index >= 15 is 0 Å². The molecule has 1 aromatic carbocycles. The maximum Gasteiger partial charge on any atom is 0.412 e. The Balaban J connectivity index is 0.000000568. The van der Waals surface area contributed by atoms with Crippen LogP contribution in [0.1, 0.15) is 90.7 Å². The van der Waals surface area contributed by atoms with Crippen LogP contribution in [0.4, 0.5) is 17.6 Å². The lowest BCUT2D eigenvalue weighted by atomic mass is 9.83. The van der Waals surface area contributed by atoms with Crippen LogP contribution in [0.15, 0.2) is 48.1 Å². The lowest BCUT2D eigenvalue weighted by Gasteiger charge is -2.25. The van der Waals surface area contributed by atoms with E-state index in [1.54, 1.807) is 19.9 Å². The van der Waals surface area contributed by atoms with Gasteiger partial charge < -0.3 is 4.74 Å². The molecule has 0 saturated heterocycles. The number of aryl methyl sites for hydroxylation is 1. The number of carbonyl (C=O) groups excluding carboxylic acids is 2. The third-order valence-corrected chi connectivity index (χ3v) is 6.58. The van der Waals surface area contributed by atoms with Crippen molar-refractivity contribution in [3.05, 3.63) is 70.1 Å². The van der Waals surface area contributed by atoms with Crippen LogP contribution in [-0.2, 0) is 20.7 Å². The molecule has 0 amide bonds. The van der Waals surface area contributed by atoms with Gasteiger partial charge in [0.25, 0.3) is 0 Å². The van der Waals surface area contributed by atoms with Gasteiger partial charge in [-0.15, -0.1) is 0 Å². The second-order valence-electron chi connectivity index (χ2n) is 10.4. The number of alkyl halides is 3. The molecule has 3 nitrogen and oxygen atoms in total. The fourth-order valence-corrected chi connectivity index (χ4v) is 3.87. The standard InChI is InChI=1S/C13H22O2.C11H12ClFO.C7H9F3/c1-11(2)10-15-12(14)13(3)8-6-4-5-7-9-13;1-3-9(14)5-8-4-7(2)10(12)6-11(8)13;1-5(2)4-6(3)7(8,9)10/h1,4-10H2,2-3H3;4,6H,3,5H2,1-2H3;4H,1H2,2-3H3/b;;6-4+. The monoisotopic (exact) mass is 574 g/mol. The zero-order valence-corrected chi connectivity index (χ0v) is 24.9. The van der Waals surface area contributed by atoms with Crippen LogP contribution < -0.4 is 0 Å². The molecule has 1 fully saturated rings. The highest BCUT2D eigenvalue weighted by atomic mass is 35.5. The predicted molar refractivity (Wildman–Crippen MR) is 151 cm³/mol. The average molecular weight is 575 g/mol. The summed E-state index contributed by atoms with van der Waals surface area (Å²) in [7, 11) is 0. The van der Waals surface area contributed by atoms with Crippen LogP contribution in [0.2, 0.25) is 5.02 Å². The summed E-state index contributed by atoms with van der Waals surface area (Å²) in [4.78, 5) is 23.0. The lowest BCUT2D eigenvalue weighted by Crippen LogP contribution is -2.29. The minimum atomic E-state index is -4.21. The molecule has 0 unspecified atom stereocenters. The summed E-state index contributed by atoms with van der Waals surface area (Å²) in [5, 5.41) is 0.398. The zero-order valence-electron chi connectivity index (χ0n) is 24.1. The molecule has 1 aromatic rings. The predicted octanol–water partition coefficient (Wildman–Crippen LogP) is 9.85. The number of allylic oxidation sites excluding steroid dienone is 3. The topological polar surface area (TPSA) is 43.4 Å². The molecular formula is C31H43ClF4O3. The molecule has 0 atom stereocenters. The van der Waals surface area contributed by atoms with Crippen molar-refractivity contribution in [1.82, 2.24) is 0 Å². The molecule has 2 rings (SSSR count). The molecule has 0 bridgehead atoms. The molecule has 1 saturated carbocycles. The summed E-state index contributed by atoms with van der Waals surface area (Å²) in [5.74, 6) is -0.402. The Morgan fingerprint density at radius 2 is 1.62 bits per heavy atom. The summed E-state index contributed by atoms with van der Waals surface area (Å²) in [5.41, 5.74) is 1.69. The van der Waals surface area contributed by atoms with E-state index in [-0.39, 0.29) is 23.6 Å². The van der Waals surface area contributed by atoms with Gasteiger partial charge in [-0.25, -0.2) is 4.39 Å². The van der Waals surface area contributed by atoms with Crippen LogP contribution in [-0.4, -0.2) is 24.5 Å². The van der Waals surface area contributed by atoms with Crippen LogP contribution in [0.25, 0.3) is 0 Å². The summed E-state index contributed by atoms with van der Waals surface area (Å²) < 4.78 is 53.7. The van der Waals surface area contributed by atoms with Crippen molar-refractivity contribution in [2.75, 3.05) is 6.61 Å². The van der Waals surface area contributed by atoms with Crippen molar-refractivity contribution in [3.8, 4) is 0 Å². The number of halogens is 5. The second-order valence-corrected chi connectivity index (χ2v) is 10.8. The van der Waals surface area contributed by atoms with Crippen molar-refractivity contribution in [2.45, 2.75) is 99.1 Å². The maximum atomic E-state index is 13.3. The fraction of sp³-hybridized carbons (Fsp3) is 0.548. The average Bonchev–Trinajstić information content (AvgIpc) is 3.06. The van der Waals surface area contributed by atoms with E-state index < -0.39 is 17.6 Å². The van der Waals surface area contributed by atoms with Crippen LogP contribution in [0, 0.1) is 18.2 Å². The number of Topliss-reactive ketones (excluding diaryl/α,β-unsaturated/α-hetero) is 1. The van der Waals surface area contributed by atoms with Crippen molar-refractivity contribution in [1.29, 1.82) is 0 Å². The summed E-state index contributed by atoms with van der Waals surface area (Å²) >= 11 is 5.73. The molecule has 0 radical (unpaired) electrons. The summed E-state index contributed by atoms with van der Waals surface area (Å²) in [6.45, 7) is 17.5. The van der Waals surface area contributed by atoms with Crippen molar-refractivity contribution >= 4 is 23.4 Å². The Hall–Kier alpha value is -2.41. The van der Waals surface area contributed by atoms with Gasteiger partial charge in [0.1, 0.15) is 18.2 Å². The number of hydrogen-bond acceptors (Lipinski definition) is 3. The Morgan fingerprint density at radius 1 is 1.08 bits per heavy atom. The minimum absolute atomic E-state index is 0.0330. The van der Waals surface area contributed by atoms with Crippen LogP contribution in [0.3, 0.4) is 0 Å². The van der Waals surface area contributed by atoms with Crippen molar-refractivity contribution in [3.63, 3.8) is 0 Å². The molecule has 8 heteroatoms. The Morgan fingerprint density at radius 3 is 2.03 bits per heavy atom. The highest BCUT2D eigenvalue weighted by Gasteiger charge is 2.35. The quantitative estimate of drug-likeness (QED) is 0.107. The number of carbonyl (C=O) groups is 2. The third kappa shape index (κ3) is 15.1. The molecule has 39 heavy (non-hydrogen) atoms. The number of ether oxygens (including phenoxy) is 1. The maximum absolute atomic E-state index is 13.3. The first-order chi connectivity index (χ1) is 17.9. The van der Waals surface area contributed by atoms with Gasteiger partial charge in [0.15, 0.2) is 0 Å². The van der Waals surface area contributed by atoms with Gasteiger partial charge in [-0.3, -0.25) is 9.59 Å².